The lowest BCUT2D eigenvalue weighted by Crippen LogP contribution is -2.20. The molecule has 0 aliphatic heterocycles. The predicted octanol–water partition coefficient (Wildman–Crippen LogP) is 3.54. The van der Waals surface area contributed by atoms with E-state index < -0.39 is 0 Å². The Morgan fingerprint density at radius 3 is 2.77 bits per heavy atom. The maximum Gasteiger partial charge on any atom is 0.227 e. The van der Waals surface area contributed by atoms with Crippen LogP contribution in [0.1, 0.15) is 31.2 Å². The SMILES string of the molecule is CSC(=Nc1cc(C)ccc1NC(=O)C1CCCC1)NC#N. The number of amidine groups is 1. The number of carbonyl (C=O) groups excluding carboxylic acids is 1. The largest absolute Gasteiger partial charge is 0.324 e. The molecule has 1 amide bonds. The van der Waals surface area contributed by atoms with Crippen LogP contribution in [0.2, 0.25) is 0 Å². The molecular formula is C16H20N4OS. The Bertz CT molecular complexity index is 615. The van der Waals surface area contributed by atoms with Crippen molar-refractivity contribution in [2.75, 3.05) is 11.6 Å². The molecule has 0 radical (unpaired) electrons. The van der Waals surface area contributed by atoms with Gasteiger partial charge in [-0.25, -0.2) is 4.99 Å². The van der Waals surface area contributed by atoms with Crippen LogP contribution in [0.3, 0.4) is 0 Å². The van der Waals surface area contributed by atoms with Crippen LogP contribution in [0, 0.1) is 24.3 Å². The van der Waals surface area contributed by atoms with E-state index in [1.54, 1.807) is 0 Å². The maximum absolute atomic E-state index is 12.3. The zero-order valence-electron chi connectivity index (χ0n) is 12.8. The first-order valence-corrected chi connectivity index (χ1v) is 8.56. The Labute approximate surface area is 135 Å². The van der Waals surface area contributed by atoms with E-state index in [0.29, 0.717) is 16.5 Å². The van der Waals surface area contributed by atoms with Gasteiger partial charge in [-0.1, -0.05) is 30.7 Å². The van der Waals surface area contributed by atoms with Gasteiger partial charge in [0, 0.05) is 5.92 Å². The molecule has 0 saturated heterocycles. The second kappa shape index (κ2) is 7.85. The summed E-state index contributed by atoms with van der Waals surface area (Å²) in [6, 6.07) is 5.71. The van der Waals surface area contributed by atoms with Gasteiger partial charge in [-0.15, -0.1) is 0 Å². The van der Waals surface area contributed by atoms with E-state index in [0.717, 1.165) is 31.2 Å². The predicted molar refractivity (Wildman–Crippen MR) is 91.1 cm³/mol. The smallest absolute Gasteiger partial charge is 0.227 e. The molecule has 22 heavy (non-hydrogen) atoms. The van der Waals surface area contributed by atoms with Crippen molar-refractivity contribution in [2.45, 2.75) is 32.6 Å². The van der Waals surface area contributed by atoms with Crippen molar-refractivity contribution in [3.05, 3.63) is 23.8 Å². The van der Waals surface area contributed by atoms with Crippen molar-refractivity contribution in [2.24, 2.45) is 10.9 Å². The average Bonchev–Trinajstić information content (AvgIpc) is 3.03. The highest BCUT2D eigenvalue weighted by Crippen LogP contribution is 2.30. The lowest BCUT2D eigenvalue weighted by Gasteiger charge is -2.13. The lowest BCUT2D eigenvalue weighted by atomic mass is 10.1. The second-order valence-electron chi connectivity index (χ2n) is 5.35. The summed E-state index contributed by atoms with van der Waals surface area (Å²) in [6.45, 7) is 1.97. The van der Waals surface area contributed by atoms with Crippen LogP contribution in [-0.2, 0) is 4.79 Å². The number of aliphatic imine (C=N–C) groups is 1. The standard InChI is InChI=1S/C16H20N4OS/c1-11-7-8-13(19-15(21)12-5-3-4-6-12)14(9-11)20-16(22-2)18-10-17/h7-9,12H,3-6H2,1-2H3,(H,18,20)(H,19,21). The van der Waals surface area contributed by atoms with Gasteiger partial charge in [0.1, 0.15) is 0 Å². The zero-order valence-corrected chi connectivity index (χ0v) is 13.7. The topological polar surface area (TPSA) is 77.3 Å². The highest BCUT2D eigenvalue weighted by Gasteiger charge is 2.23. The quantitative estimate of drug-likeness (QED) is 0.387. The number of anilines is 1. The van der Waals surface area contributed by atoms with Crippen molar-refractivity contribution < 1.29 is 4.79 Å². The highest BCUT2D eigenvalue weighted by molar-refractivity contribution is 8.13. The molecule has 1 saturated carbocycles. The van der Waals surface area contributed by atoms with Gasteiger partial charge >= 0.3 is 0 Å². The Morgan fingerprint density at radius 1 is 1.41 bits per heavy atom. The number of amides is 1. The average molecular weight is 316 g/mol. The lowest BCUT2D eigenvalue weighted by molar-refractivity contribution is -0.119. The van der Waals surface area contributed by atoms with Crippen molar-refractivity contribution in [1.82, 2.24) is 5.32 Å². The Balaban J connectivity index is 2.23. The number of aryl methyl sites for hydroxylation is 1. The number of hydrogen-bond acceptors (Lipinski definition) is 4. The fraction of sp³-hybridized carbons (Fsp3) is 0.438. The normalized spacial score (nSPS) is 15.4. The van der Waals surface area contributed by atoms with Crippen LogP contribution in [0.25, 0.3) is 0 Å². The summed E-state index contributed by atoms with van der Waals surface area (Å²) >= 11 is 1.35. The van der Waals surface area contributed by atoms with E-state index in [-0.39, 0.29) is 11.8 Å². The summed E-state index contributed by atoms with van der Waals surface area (Å²) in [5.41, 5.74) is 2.40. The minimum absolute atomic E-state index is 0.0664. The minimum atomic E-state index is 0.0664. The van der Waals surface area contributed by atoms with Gasteiger partial charge in [-0.3, -0.25) is 10.1 Å². The Kier molecular flexibility index (Phi) is 5.84. The number of hydrogen-bond donors (Lipinski definition) is 2. The van der Waals surface area contributed by atoms with E-state index in [4.69, 9.17) is 5.26 Å². The highest BCUT2D eigenvalue weighted by atomic mass is 32.2. The fourth-order valence-electron chi connectivity index (χ4n) is 2.54. The summed E-state index contributed by atoms with van der Waals surface area (Å²) in [5, 5.41) is 14.8. The maximum atomic E-state index is 12.3. The summed E-state index contributed by atoms with van der Waals surface area (Å²) in [4.78, 5) is 16.7. The van der Waals surface area contributed by atoms with Crippen LogP contribution in [0.4, 0.5) is 11.4 Å². The van der Waals surface area contributed by atoms with Gasteiger partial charge in [0.15, 0.2) is 11.4 Å². The van der Waals surface area contributed by atoms with Crippen LogP contribution in [0.15, 0.2) is 23.2 Å². The Morgan fingerprint density at radius 2 is 2.14 bits per heavy atom. The van der Waals surface area contributed by atoms with Gasteiger partial charge in [0.2, 0.25) is 5.91 Å². The van der Waals surface area contributed by atoms with Crippen LogP contribution in [0.5, 0.6) is 0 Å². The fourth-order valence-corrected chi connectivity index (χ4v) is 2.88. The van der Waals surface area contributed by atoms with Crippen molar-refractivity contribution in [3.8, 4) is 6.19 Å². The van der Waals surface area contributed by atoms with Gasteiger partial charge in [-0.05, 0) is 43.7 Å². The van der Waals surface area contributed by atoms with Gasteiger partial charge in [-0.2, -0.15) is 5.26 Å². The van der Waals surface area contributed by atoms with Crippen LogP contribution >= 0.6 is 11.8 Å². The number of thioether (sulfide) groups is 1. The van der Waals surface area contributed by atoms with Gasteiger partial charge < -0.3 is 5.32 Å². The number of nitrogens with one attached hydrogen (secondary N) is 2. The summed E-state index contributed by atoms with van der Waals surface area (Å²) in [5.74, 6) is 0.173. The molecule has 0 spiro atoms. The summed E-state index contributed by atoms with van der Waals surface area (Å²) in [7, 11) is 0. The molecule has 0 bridgehead atoms. The van der Waals surface area contributed by atoms with E-state index >= 15 is 0 Å². The molecule has 0 aromatic heterocycles. The Hall–Kier alpha value is -2.00. The van der Waals surface area contributed by atoms with E-state index in [1.165, 1.54) is 11.8 Å². The molecule has 6 heteroatoms. The molecule has 1 aromatic rings. The molecule has 1 aromatic carbocycles. The van der Waals surface area contributed by atoms with E-state index in [2.05, 4.69) is 15.6 Å². The van der Waals surface area contributed by atoms with Crippen molar-refractivity contribution >= 4 is 34.2 Å². The first-order chi connectivity index (χ1) is 10.6. The molecule has 2 rings (SSSR count). The van der Waals surface area contributed by atoms with Crippen molar-refractivity contribution in [3.63, 3.8) is 0 Å². The third-order valence-electron chi connectivity index (χ3n) is 3.72. The molecule has 0 unspecified atom stereocenters. The number of carbonyl (C=O) groups is 1. The molecule has 0 heterocycles. The first kappa shape index (κ1) is 16.4. The third kappa shape index (κ3) is 4.25. The second-order valence-corrected chi connectivity index (χ2v) is 6.14. The van der Waals surface area contributed by atoms with E-state index in [9.17, 15) is 4.79 Å². The van der Waals surface area contributed by atoms with Gasteiger partial charge in [0.25, 0.3) is 0 Å². The molecule has 1 aliphatic carbocycles. The number of rotatable bonds is 3. The van der Waals surface area contributed by atoms with Crippen LogP contribution in [-0.4, -0.2) is 17.3 Å². The zero-order chi connectivity index (χ0) is 15.9. The van der Waals surface area contributed by atoms with Crippen LogP contribution < -0.4 is 10.6 Å². The summed E-state index contributed by atoms with van der Waals surface area (Å²) in [6.07, 6.45) is 7.88. The first-order valence-electron chi connectivity index (χ1n) is 7.33. The molecule has 1 aliphatic rings. The third-order valence-corrected chi connectivity index (χ3v) is 4.30. The van der Waals surface area contributed by atoms with E-state index in [1.807, 2.05) is 37.6 Å². The van der Waals surface area contributed by atoms with Crippen molar-refractivity contribution in [1.29, 1.82) is 5.26 Å². The molecule has 0 atom stereocenters. The van der Waals surface area contributed by atoms with Gasteiger partial charge in [0.05, 0.1) is 11.4 Å². The monoisotopic (exact) mass is 316 g/mol. The number of nitrogens with zero attached hydrogens (tertiary/aromatic N) is 2. The summed E-state index contributed by atoms with van der Waals surface area (Å²) < 4.78 is 0. The molecular weight excluding hydrogens is 296 g/mol. The molecule has 5 nitrogen and oxygen atoms in total. The number of nitriles is 1. The number of benzene rings is 1. The minimum Gasteiger partial charge on any atom is -0.324 e. The molecule has 1 fully saturated rings. The molecule has 116 valence electrons. The molecule has 2 N–H and O–H groups in total.